The second-order valence-electron chi connectivity index (χ2n) is 3.74. The van der Waals surface area contributed by atoms with Crippen molar-refractivity contribution >= 4 is 5.97 Å². The molecular weight excluding hydrogens is 166 g/mol. The SMILES string of the molecule is CCCCC(N)C(=O)OC1CCC1. The van der Waals surface area contributed by atoms with E-state index < -0.39 is 6.04 Å². The zero-order valence-electron chi connectivity index (χ0n) is 8.29. The van der Waals surface area contributed by atoms with Gasteiger partial charge in [0, 0.05) is 0 Å². The van der Waals surface area contributed by atoms with Gasteiger partial charge in [-0.25, -0.2) is 0 Å². The molecule has 0 aliphatic heterocycles. The predicted octanol–water partition coefficient (Wildman–Crippen LogP) is 1.60. The zero-order chi connectivity index (χ0) is 9.68. The lowest BCUT2D eigenvalue weighted by Gasteiger charge is -2.26. The predicted molar refractivity (Wildman–Crippen MR) is 51.2 cm³/mol. The Kier molecular flexibility index (Phi) is 4.22. The molecule has 0 amide bonds. The Morgan fingerprint density at radius 2 is 2.31 bits per heavy atom. The minimum absolute atomic E-state index is 0.167. The van der Waals surface area contributed by atoms with Gasteiger partial charge in [0.15, 0.2) is 0 Å². The fraction of sp³-hybridized carbons (Fsp3) is 0.900. The van der Waals surface area contributed by atoms with Gasteiger partial charge in [-0.15, -0.1) is 0 Å². The molecule has 3 nitrogen and oxygen atoms in total. The van der Waals surface area contributed by atoms with Crippen molar-refractivity contribution in [1.82, 2.24) is 0 Å². The lowest BCUT2D eigenvalue weighted by molar-refractivity contribution is -0.154. The van der Waals surface area contributed by atoms with E-state index in [2.05, 4.69) is 6.92 Å². The highest BCUT2D eigenvalue weighted by molar-refractivity contribution is 5.75. The number of carbonyl (C=O) groups excluding carboxylic acids is 1. The average Bonchev–Trinajstić information content (AvgIpc) is 2.06. The molecule has 3 heteroatoms. The topological polar surface area (TPSA) is 52.3 Å². The van der Waals surface area contributed by atoms with E-state index in [9.17, 15) is 4.79 Å². The van der Waals surface area contributed by atoms with E-state index >= 15 is 0 Å². The van der Waals surface area contributed by atoms with Crippen LogP contribution in [-0.4, -0.2) is 18.1 Å². The van der Waals surface area contributed by atoms with Gasteiger partial charge in [-0.3, -0.25) is 4.79 Å². The van der Waals surface area contributed by atoms with E-state index in [0.717, 1.165) is 32.1 Å². The molecular formula is C10H19NO2. The van der Waals surface area contributed by atoms with Gasteiger partial charge in [-0.2, -0.15) is 0 Å². The van der Waals surface area contributed by atoms with E-state index in [0.29, 0.717) is 0 Å². The van der Waals surface area contributed by atoms with E-state index in [1.165, 1.54) is 6.42 Å². The van der Waals surface area contributed by atoms with Crippen LogP contribution in [0.3, 0.4) is 0 Å². The Morgan fingerprint density at radius 3 is 2.77 bits per heavy atom. The maximum absolute atomic E-state index is 11.3. The maximum atomic E-state index is 11.3. The Labute approximate surface area is 79.6 Å². The second kappa shape index (κ2) is 5.22. The minimum atomic E-state index is -0.402. The summed E-state index contributed by atoms with van der Waals surface area (Å²) >= 11 is 0. The average molecular weight is 185 g/mol. The summed E-state index contributed by atoms with van der Waals surface area (Å²) in [5.74, 6) is -0.210. The molecule has 0 saturated heterocycles. The van der Waals surface area contributed by atoms with Crippen molar-refractivity contribution in [3.05, 3.63) is 0 Å². The van der Waals surface area contributed by atoms with Crippen LogP contribution in [0.2, 0.25) is 0 Å². The van der Waals surface area contributed by atoms with Crippen molar-refractivity contribution in [2.75, 3.05) is 0 Å². The van der Waals surface area contributed by atoms with Gasteiger partial charge in [0.2, 0.25) is 0 Å². The maximum Gasteiger partial charge on any atom is 0.323 e. The molecule has 0 bridgehead atoms. The van der Waals surface area contributed by atoms with Crippen LogP contribution < -0.4 is 5.73 Å². The van der Waals surface area contributed by atoms with E-state index in [4.69, 9.17) is 10.5 Å². The largest absolute Gasteiger partial charge is 0.461 e. The first-order valence-electron chi connectivity index (χ1n) is 5.20. The number of carbonyl (C=O) groups is 1. The smallest absolute Gasteiger partial charge is 0.323 e. The fourth-order valence-corrected chi connectivity index (χ4v) is 1.28. The highest BCUT2D eigenvalue weighted by Crippen LogP contribution is 2.22. The van der Waals surface area contributed by atoms with Crippen LogP contribution in [-0.2, 0) is 9.53 Å². The van der Waals surface area contributed by atoms with Crippen molar-refractivity contribution in [2.45, 2.75) is 57.6 Å². The normalized spacial score (nSPS) is 19.2. The van der Waals surface area contributed by atoms with Crippen LogP contribution in [0.25, 0.3) is 0 Å². The summed E-state index contributed by atoms with van der Waals surface area (Å²) in [6, 6.07) is -0.402. The summed E-state index contributed by atoms with van der Waals surface area (Å²) in [7, 11) is 0. The van der Waals surface area contributed by atoms with E-state index in [1.807, 2.05) is 0 Å². The standard InChI is InChI=1S/C10H19NO2/c1-2-3-7-9(11)10(12)13-8-5-4-6-8/h8-9H,2-7,11H2,1H3. The first kappa shape index (κ1) is 10.5. The van der Waals surface area contributed by atoms with Gasteiger partial charge >= 0.3 is 5.97 Å². The van der Waals surface area contributed by atoms with Crippen LogP contribution >= 0.6 is 0 Å². The molecule has 1 saturated carbocycles. The summed E-state index contributed by atoms with van der Waals surface area (Å²) in [4.78, 5) is 11.3. The quantitative estimate of drug-likeness (QED) is 0.662. The first-order valence-corrected chi connectivity index (χ1v) is 5.20. The molecule has 0 radical (unpaired) electrons. The van der Waals surface area contributed by atoms with Crippen molar-refractivity contribution in [1.29, 1.82) is 0 Å². The minimum Gasteiger partial charge on any atom is -0.461 e. The summed E-state index contributed by atoms with van der Waals surface area (Å²) in [6.45, 7) is 2.09. The van der Waals surface area contributed by atoms with Crippen LogP contribution in [0.5, 0.6) is 0 Å². The van der Waals surface area contributed by atoms with Gasteiger partial charge in [0.25, 0.3) is 0 Å². The molecule has 0 aromatic carbocycles. The molecule has 13 heavy (non-hydrogen) atoms. The number of nitrogens with two attached hydrogens (primary N) is 1. The number of hydrogen-bond acceptors (Lipinski definition) is 3. The molecule has 0 aromatic rings. The Balaban J connectivity index is 2.13. The lowest BCUT2D eigenvalue weighted by atomic mass is 9.96. The van der Waals surface area contributed by atoms with Crippen molar-refractivity contribution in [3.8, 4) is 0 Å². The molecule has 0 heterocycles. The Bertz CT molecular complexity index is 166. The summed E-state index contributed by atoms with van der Waals surface area (Å²) in [5, 5.41) is 0. The van der Waals surface area contributed by atoms with Crippen LogP contribution in [0.4, 0.5) is 0 Å². The van der Waals surface area contributed by atoms with Crippen LogP contribution in [0.1, 0.15) is 45.4 Å². The molecule has 76 valence electrons. The Hall–Kier alpha value is -0.570. The monoisotopic (exact) mass is 185 g/mol. The number of unbranched alkanes of at least 4 members (excludes halogenated alkanes) is 1. The molecule has 1 aliphatic rings. The molecule has 0 aromatic heterocycles. The van der Waals surface area contributed by atoms with E-state index in [-0.39, 0.29) is 12.1 Å². The number of hydrogen-bond donors (Lipinski definition) is 1. The van der Waals surface area contributed by atoms with Gasteiger partial charge in [0.05, 0.1) is 0 Å². The highest BCUT2D eigenvalue weighted by Gasteiger charge is 2.24. The number of ether oxygens (including phenoxy) is 1. The molecule has 2 N–H and O–H groups in total. The second-order valence-corrected chi connectivity index (χ2v) is 3.74. The summed E-state index contributed by atoms with van der Waals surface area (Å²) < 4.78 is 5.18. The molecule has 1 rings (SSSR count). The van der Waals surface area contributed by atoms with Gasteiger partial charge in [-0.05, 0) is 25.7 Å². The molecule has 0 spiro atoms. The third-order valence-corrected chi connectivity index (χ3v) is 2.51. The van der Waals surface area contributed by atoms with Crippen molar-refractivity contribution < 1.29 is 9.53 Å². The van der Waals surface area contributed by atoms with Gasteiger partial charge in [0.1, 0.15) is 12.1 Å². The van der Waals surface area contributed by atoms with Crippen molar-refractivity contribution in [2.24, 2.45) is 5.73 Å². The molecule has 1 unspecified atom stereocenters. The number of esters is 1. The van der Waals surface area contributed by atoms with Crippen LogP contribution in [0, 0.1) is 0 Å². The van der Waals surface area contributed by atoms with Gasteiger partial charge in [-0.1, -0.05) is 19.8 Å². The molecule has 1 aliphatic carbocycles. The zero-order valence-corrected chi connectivity index (χ0v) is 8.29. The van der Waals surface area contributed by atoms with E-state index in [1.54, 1.807) is 0 Å². The lowest BCUT2D eigenvalue weighted by Crippen LogP contribution is -2.36. The fourth-order valence-electron chi connectivity index (χ4n) is 1.28. The van der Waals surface area contributed by atoms with Crippen LogP contribution in [0.15, 0.2) is 0 Å². The first-order chi connectivity index (χ1) is 6.24. The molecule has 1 atom stereocenters. The summed E-state index contributed by atoms with van der Waals surface area (Å²) in [5.41, 5.74) is 5.66. The van der Waals surface area contributed by atoms with Gasteiger partial charge < -0.3 is 10.5 Å². The molecule has 1 fully saturated rings. The highest BCUT2D eigenvalue weighted by atomic mass is 16.5. The summed E-state index contributed by atoms with van der Waals surface area (Å²) in [6.07, 6.45) is 6.22. The van der Waals surface area contributed by atoms with Crippen molar-refractivity contribution in [3.63, 3.8) is 0 Å². The Morgan fingerprint density at radius 1 is 1.62 bits per heavy atom. The number of rotatable bonds is 5. The third kappa shape index (κ3) is 3.35. The third-order valence-electron chi connectivity index (χ3n) is 2.51.